The maximum atomic E-state index is 11.6. The van der Waals surface area contributed by atoms with Crippen molar-refractivity contribution in [1.82, 2.24) is 0 Å². The van der Waals surface area contributed by atoms with Crippen molar-refractivity contribution in [2.75, 3.05) is 0 Å². The third kappa shape index (κ3) is 3.78. The number of aryl methyl sites for hydroxylation is 1. The Labute approximate surface area is 108 Å². The van der Waals surface area contributed by atoms with Crippen LogP contribution in [-0.4, -0.2) is 45.4 Å². The van der Waals surface area contributed by atoms with E-state index in [1.165, 1.54) is 12.1 Å². The van der Waals surface area contributed by atoms with E-state index in [-0.39, 0.29) is 5.56 Å². The van der Waals surface area contributed by atoms with E-state index in [2.05, 4.69) is 4.74 Å². The topological polar surface area (TPSA) is 121 Å². The van der Waals surface area contributed by atoms with Gasteiger partial charge in [-0.2, -0.15) is 0 Å². The Kier molecular flexibility index (Phi) is 4.60. The van der Waals surface area contributed by atoms with Crippen LogP contribution in [-0.2, 0) is 14.3 Å². The number of carboxylic acids is 2. The Morgan fingerprint density at radius 2 is 1.58 bits per heavy atom. The summed E-state index contributed by atoms with van der Waals surface area (Å²) in [4.78, 5) is 32.9. The first-order valence-electron chi connectivity index (χ1n) is 5.24. The average Bonchev–Trinajstić information content (AvgIpc) is 2.35. The van der Waals surface area contributed by atoms with Crippen LogP contribution in [0.1, 0.15) is 15.9 Å². The summed E-state index contributed by atoms with van der Waals surface area (Å²) >= 11 is 0. The highest BCUT2D eigenvalue weighted by Crippen LogP contribution is 2.09. The summed E-state index contributed by atoms with van der Waals surface area (Å²) in [7, 11) is 0. The summed E-state index contributed by atoms with van der Waals surface area (Å²) in [5.74, 6) is -4.55. The molecule has 0 amide bonds. The van der Waals surface area contributed by atoms with Crippen LogP contribution in [0.15, 0.2) is 24.3 Å². The van der Waals surface area contributed by atoms with Crippen LogP contribution in [0.25, 0.3) is 0 Å². The molecule has 3 N–H and O–H groups in total. The molecule has 7 heteroatoms. The van der Waals surface area contributed by atoms with E-state index in [4.69, 9.17) is 15.3 Å². The maximum absolute atomic E-state index is 11.6. The number of hydrogen-bond donors (Lipinski definition) is 3. The van der Waals surface area contributed by atoms with Gasteiger partial charge in [-0.1, -0.05) is 17.7 Å². The molecule has 0 radical (unpaired) electrons. The summed E-state index contributed by atoms with van der Waals surface area (Å²) < 4.78 is 4.49. The smallest absolute Gasteiger partial charge is 0.348 e. The lowest BCUT2D eigenvalue weighted by Gasteiger charge is -2.16. The molecule has 0 heterocycles. The molecule has 0 spiro atoms. The highest BCUT2D eigenvalue weighted by Gasteiger charge is 2.35. The zero-order chi connectivity index (χ0) is 14.6. The number of aliphatic carboxylic acids is 2. The molecular weight excluding hydrogens is 256 g/mol. The van der Waals surface area contributed by atoms with Crippen LogP contribution in [0.3, 0.4) is 0 Å². The van der Waals surface area contributed by atoms with Gasteiger partial charge in [0.1, 0.15) is 0 Å². The van der Waals surface area contributed by atoms with Gasteiger partial charge in [0, 0.05) is 0 Å². The van der Waals surface area contributed by atoms with Crippen molar-refractivity contribution in [3.8, 4) is 0 Å². The van der Waals surface area contributed by atoms with Crippen molar-refractivity contribution in [3.05, 3.63) is 35.4 Å². The van der Waals surface area contributed by atoms with E-state index in [1.54, 1.807) is 19.1 Å². The first kappa shape index (κ1) is 14.7. The Morgan fingerprint density at radius 3 is 2.00 bits per heavy atom. The molecule has 1 unspecified atom stereocenters. The molecule has 0 saturated heterocycles. The van der Waals surface area contributed by atoms with Crippen LogP contribution in [0.2, 0.25) is 0 Å². The van der Waals surface area contributed by atoms with E-state index in [1.807, 2.05) is 0 Å². The van der Waals surface area contributed by atoms with Crippen molar-refractivity contribution < 1.29 is 34.4 Å². The van der Waals surface area contributed by atoms with Crippen molar-refractivity contribution >= 4 is 17.9 Å². The van der Waals surface area contributed by atoms with Crippen molar-refractivity contribution in [2.24, 2.45) is 0 Å². The van der Waals surface area contributed by atoms with Crippen LogP contribution >= 0.6 is 0 Å². The lowest BCUT2D eigenvalue weighted by atomic mass is 10.1. The van der Waals surface area contributed by atoms with Crippen molar-refractivity contribution in [1.29, 1.82) is 0 Å². The molecule has 102 valence electrons. The largest absolute Gasteiger partial charge is 0.479 e. The van der Waals surface area contributed by atoms with Gasteiger partial charge in [0.05, 0.1) is 5.56 Å². The summed E-state index contributed by atoms with van der Waals surface area (Å²) in [6.07, 6.45) is -4.49. The highest BCUT2D eigenvalue weighted by molar-refractivity contribution is 5.92. The maximum Gasteiger partial charge on any atom is 0.348 e. The van der Waals surface area contributed by atoms with E-state index in [0.717, 1.165) is 5.56 Å². The predicted octanol–water partition coefficient (Wildman–Crippen LogP) is 0.0505. The van der Waals surface area contributed by atoms with Gasteiger partial charge in [-0.25, -0.2) is 14.4 Å². The number of hydrogen-bond acceptors (Lipinski definition) is 5. The van der Waals surface area contributed by atoms with E-state index in [0.29, 0.717) is 0 Å². The van der Waals surface area contributed by atoms with E-state index in [9.17, 15) is 14.4 Å². The number of esters is 1. The number of aliphatic hydroxyl groups is 1. The molecule has 0 fully saturated rings. The summed E-state index contributed by atoms with van der Waals surface area (Å²) in [5, 5.41) is 26.4. The molecule has 0 aliphatic carbocycles. The Bertz CT molecular complexity index is 491. The number of benzene rings is 1. The minimum atomic E-state index is -2.33. The first-order chi connectivity index (χ1) is 8.82. The predicted molar refractivity (Wildman–Crippen MR) is 61.7 cm³/mol. The van der Waals surface area contributed by atoms with E-state index >= 15 is 0 Å². The Hall–Kier alpha value is -2.41. The molecule has 1 aromatic carbocycles. The van der Waals surface area contributed by atoms with Crippen LogP contribution in [0.5, 0.6) is 0 Å². The molecule has 0 aromatic heterocycles. The molecule has 19 heavy (non-hydrogen) atoms. The van der Waals surface area contributed by atoms with Gasteiger partial charge in [0.15, 0.2) is 6.10 Å². The summed E-state index contributed by atoms with van der Waals surface area (Å²) in [6, 6.07) is 6.04. The number of carbonyl (C=O) groups excluding carboxylic acids is 1. The number of ether oxygens (including phenoxy) is 1. The normalized spacial score (nSPS) is 13.4. The zero-order valence-electron chi connectivity index (χ0n) is 9.94. The van der Waals surface area contributed by atoms with Gasteiger partial charge in [0.2, 0.25) is 6.10 Å². The molecule has 0 aliphatic rings. The minimum Gasteiger partial charge on any atom is -0.479 e. The van der Waals surface area contributed by atoms with Gasteiger partial charge in [-0.05, 0) is 19.1 Å². The molecule has 0 aliphatic heterocycles. The van der Waals surface area contributed by atoms with Gasteiger partial charge in [-0.3, -0.25) is 0 Å². The Balaban J connectivity index is 2.85. The molecule has 7 nitrogen and oxygen atoms in total. The zero-order valence-corrected chi connectivity index (χ0v) is 9.94. The second-order valence-electron chi connectivity index (χ2n) is 3.81. The fourth-order valence-electron chi connectivity index (χ4n) is 1.25. The van der Waals surface area contributed by atoms with E-state index < -0.39 is 30.1 Å². The monoisotopic (exact) mass is 268 g/mol. The third-order valence-electron chi connectivity index (χ3n) is 2.30. The lowest BCUT2D eigenvalue weighted by Crippen LogP contribution is -2.43. The van der Waals surface area contributed by atoms with Gasteiger partial charge < -0.3 is 20.1 Å². The molecule has 0 saturated carbocycles. The lowest BCUT2D eigenvalue weighted by molar-refractivity contribution is -0.166. The molecule has 1 rings (SSSR count). The van der Waals surface area contributed by atoms with Gasteiger partial charge in [0.25, 0.3) is 0 Å². The SMILES string of the molecule is Cc1ccc(C(=O)OC(C(=O)O)[C@H](O)C(=O)O)cc1. The second kappa shape index (κ2) is 5.96. The summed E-state index contributed by atoms with van der Waals surface area (Å²) in [6.45, 7) is 1.79. The number of rotatable bonds is 5. The second-order valence-corrected chi connectivity index (χ2v) is 3.81. The Morgan fingerprint density at radius 1 is 1.05 bits per heavy atom. The molecule has 2 atom stereocenters. The quantitative estimate of drug-likeness (QED) is 0.645. The fourth-order valence-corrected chi connectivity index (χ4v) is 1.25. The average molecular weight is 268 g/mol. The molecule has 1 aromatic rings. The minimum absolute atomic E-state index is 0.0643. The third-order valence-corrected chi connectivity index (χ3v) is 2.30. The highest BCUT2D eigenvalue weighted by atomic mass is 16.6. The first-order valence-corrected chi connectivity index (χ1v) is 5.24. The van der Waals surface area contributed by atoms with Crippen LogP contribution < -0.4 is 0 Å². The summed E-state index contributed by atoms with van der Waals surface area (Å²) in [5.41, 5.74) is 0.950. The standard InChI is InChI=1S/C12H12O7/c1-6-2-4-7(5-3-6)12(18)19-9(11(16)17)8(13)10(14)15/h2-5,8-9,13H,1H3,(H,14,15)(H,16,17)/t8-,9?/m0/s1. The van der Waals surface area contributed by atoms with Crippen LogP contribution in [0.4, 0.5) is 0 Å². The number of aliphatic hydroxyl groups excluding tert-OH is 1. The van der Waals surface area contributed by atoms with Gasteiger partial charge in [-0.15, -0.1) is 0 Å². The van der Waals surface area contributed by atoms with Crippen molar-refractivity contribution in [2.45, 2.75) is 19.1 Å². The number of carbonyl (C=O) groups is 3. The van der Waals surface area contributed by atoms with Gasteiger partial charge >= 0.3 is 17.9 Å². The molecule has 0 bridgehead atoms. The number of carboxylic acid groups (broad SMARTS) is 2. The molecular formula is C12H12O7. The van der Waals surface area contributed by atoms with Crippen molar-refractivity contribution in [3.63, 3.8) is 0 Å². The van der Waals surface area contributed by atoms with Crippen LogP contribution in [0, 0.1) is 6.92 Å². The fraction of sp³-hybridized carbons (Fsp3) is 0.250.